The summed E-state index contributed by atoms with van der Waals surface area (Å²) in [5.41, 5.74) is 2.26. The van der Waals surface area contributed by atoms with Gasteiger partial charge in [-0.2, -0.15) is 0 Å². The monoisotopic (exact) mass is 208 g/mol. The van der Waals surface area contributed by atoms with E-state index in [2.05, 4.69) is 15.7 Å². The van der Waals surface area contributed by atoms with Crippen LogP contribution >= 0.6 is 0 Å². The van der Waals surface area contributed by atoms with Crippen molar-refractivity contribution in [1.82, 2.24) is 20.4 Å². The largest absolute Gasteiger partial charge is 0.315 e. The molecule has 0 aliphatic carbocycles. The Balaban J connectivity index is 2.01. The van der Waals surface area contributed by atoms with Gasteiger partial charge in [0.2, 0.25) is 0 Å². The van der Waals surface area contributed by atoms with E-state index < -0.39 is 0 Å². The molecule has 2 aliphatic rings. The summed E-state index contributed by atoms with van der Waals surface area (Å²) in [5.74, 6) is 0. The number of rotatable bonds is 1. The van der Waals surface area contributed by atoms with Crippen LogP contribution in [0.2, 0.25) is 0 Å². The van der Waals surface area contributed by atoms with Crippen LogP contribution in [-0.2, 0) is 13.0 Å². The number of hydrogen-bond acceptors (Lipinski definition) is 3. The summed E-state index contributed by atoms with van der Waals surface area (Å²) in [5, 5.41) is 9.80. The van der Waals surface area contributed by atoms with Crippen LogP contribution in [0.4, 0.5) is 0 Å². The number of aromatic amines is 1. The molecule has 0 aromatic carbocycles. The van der Waals surface area contributed by atoms with Crippen molar-refractivity contribution in [3.63, 3.8) is 0 Å². The number of hydrogen-bond donors (Lipinski definition) is 3. The highest BCUT2D eigenvalue weighted by atomic mass is 16.1. The zero-order valence-corrected chi connectivity index (χ0v) is 8.68. The van der Waals surface area contributed by atoms with Crippen LogP contribution in [0.1, 0.15) is 23.7 Å². The Kier molecular flexibility index (Phi) is 2.14. The van der Waals surface area contributed by atoms with Gasteiger partial charge in [-0.3, -0.25) is 9.89 Å². The summed E-state index contributed by atoms with van der Waals surface area (Å²) < 4.78 is 1.82. The van der Waals surface area contributed by atoms with Crippen molar-refractivity contribution in [1.29, 1.82) is 0 Å². The lowest BCUT2D eigenvalue weighted by Gasteiger charge is -2.10. The van der Waals surface area contributed by atoms with Gasteiger partial charge < -0.3 is 10.6 Å². The lowest BCUT2D eigenvalue weighted by Crippen LogP contribution is -2.28. The van der Waals surface area contributed by atoms with E-state index in [9.17, 15) is 4.79 Å². The molecule has 82 valence electrons. The molecule has 0 spiro atoms. The summed E-state index contributed by atoms with van der Waals surface area (Å²) in [6.45, 7) is 3.65. The van der Waals surface area contributed by atoms with Gasteiger partial charge in [-0.25, -0.2) is 4.68 Å². The SMILES string of the molecule is O=c1c2c([nH]n1C1CCNC1)CNCC2. The molecule has 1 atom stereocenters. The van der Waals surface area contributed by atoms with Gasteiger partial charge in [0.1, 0.15) is 0 Å². The van der Waals surface area contributed by atoms with Crippen LogP contribution in [0.25, 0.3) is 0 Å². The molecule has 15 heavy (non-hydrogen) atoms. The molecule has 1 fully saturated rings. The second-order valence-corrected chi connectivity index (χ2v) is 4.32. The van der Waals surface area contributed by atoms with E-state index in [4.69, 9.17) is 0 Å². The average Bonchev–Trinajstić information content (AvgIpc) is 2.87. The zero-order valence-electron chi connectivity index (χ0n) is 8.68. The van der Waals surface area contributed by atoms with Crippen molar-refractivity contribution in [2.24, 2.45) is 0 Å². The minimum atomic E-state index is 0.195. The predicted molar refractivity (Wildman–Crippen MR) is 57.0 cm³/mol. The first-order valence-corrected chi connectivity index (χ1v) is 5.60. The molecular weight excluding hydrogens is 192 g/mol. The van der Waals surface area contributed by atoms with Crippen LogP contribution in [0.15, 0.2) is 4.79 Å². The Labute approximate surface area is 87.8 Å². The van der Waals surface area contributed by atoms with E-state index >= 15 is 0 Å². The fraction of sp³-hybridized carbons (Fsp3) is 0.700. The van der Waals surface area contributed by atoms with E-state index in [1.807, 2.05) is 4.68 Å². The fourth-order valence-corrected chi connectivity index (χ4v) is 2.49. The molecule has 1 saturated heterocycles. The van der Waals surface area contributed by atoms with Gasteiger partial charge in [-0.05, 0) is 25.9 Å². The number of fused-ring (bicyclic) bond motifs is 1. The summed E-state index contributed by atoms with van der Waals surface area (Å²) in [6, 6.07) is 0.322. The topological polar surface area (TPSA) is 61.9 Å². The third kappa shape index (κ3) is 1.42. The van der Waals surface area contributed by atoms with Crippen molar-refractivity contribution in [2.75, 3.05) is 19.6 Å². The Morgan fingerprint density at radius 2 is 2.20 bits per heavy atom. The summed E-state index contributed by atoms with van der Waals surface area (Å²) >= 11 is 0. The highest BCUT2D eigenvalue weighted by Gasteiger charge is 2.23. The van der Waals surface area contributed by atoms with E-state index in [-0.39, 0.29) is 5.56 Å². The predicted octanol–water partition coefficient (Wildman–Crippen LogP) is -0.643. The van der Waals surface area contributed by atoms with Crippen molar-refractivity contribution in [2.45, 2.75) is 25.4 Å². The van der Waals surface area contributed by atoms with Crippen molar-refractivity contribution in [3.05, 3.63) is 21.6 Å². The Hall–Kier alpha value is -1.07. The van der Waals surface area contributed by atoms with Crippen LogP contribution < -0.4 is 16.2 Å². The van der Waals surface area contributed by atoms with E-state index in [0.29, 0.717) is 6.04 Å². The van der Waals surface area contributed by atoms with Gasteiger partial charge in [-0.1, -0.05) is 0 Å². The fourth-order valence-electron chi connectivity index (χ4n) is 2.49. The molecule has 1 aromatic rings. The van der Waals surface area contributed by atoms with E-state index in [0.717, 1.165) is 50.3 Å². The minimum Gasteiger partial charge on any atom is -0.315 e. The summed E-state index contributed by atoms with van der Waals surface area (Å²) in [7, 11) is 0. The quantitative estimate of drug-likeness (QED) is 0.575. The van der Waals surface area contributed by atoms with Crippen LogP contribution in [0.3, 0.4) is 0 Å². The maximum atomic E-state index is 12.1. The maximum absolute atomic E-state index is 12.1. The lowest BCUT2D eigenvalue weighted by atomic mass is 10.1. The second-order valence-electron chi connectivity index (χ2n) is 4.32. The molecule has 3 rings (SSSR count). The minimum absolute atomic E-state index is 0.195. The van der Waals surface area contributed by atoms with Crippen LogP contribution in [-0.4, -0.2) is 29.4 Å². The standard InChI is InChI=1S/C10H16N4O/c15-10-8-2-4-12-6-9(8)13-14(10)7-1-3-11-5-7/h7,11-13H,1-6H2. The van der Waals surface area contributed by atoms with Crippen molar-refractivity contribution >= 4 is 0 Å². The molecule has 3 N–H and O–H groups in total. The Bertz CT molecular complexity index is 414. The van der Waals surface area contributed by atoms with Crippen LogP contribution in [0, 0.1) is 0 Å². The molecule has 1 aromatic heterocycles. The second kappa shape index (κ2) is 3.50. The molecule has 0 saturated carbocycles. The molecule has 1 unspecified atom stereocenters. The molecule has 0 bridgehead atoms. The smallest absolute Gasteiger partial charge is 0.270 e. The van der Waals surface area contributed by atoms with Crippen molar-refractivity contribution in [3.8, 4) is 0 Å². The Morgan fingerprint density at radius 3 is 2.93 bits per heavy atom. The van der Waals surface area contributed by atoms with Gasteiger partial charge in [0, 0.05) is 18.7 Å². The maximum Gasteiger partial charge on any atom is 0.270 e. The van der Waals surface area contributed by atoms with Crippen molar-refractivity contribution < 1.29 is 0 Å². The van der Waals surface area contributed by atoms with E-state index in [1.165, 1.54) is 0 Å². The van der Waals surface area contributed by atoms with E-state index in [1.54, 1.807) is 0 Å². The van der Waals surface area contributed by atoms with Gasteiger partial charge in [0.25, 0.3) is 5.56 Å². The highest BCUT2D eigenvalue weighted by molar-refractivity contribution is 5.20. The number of H-pyrrole nitrogens is 1. The summed E-state index contributed by atoms with van der Waals surface area (Å²) in [4.78, 5) is 12.1. The van der Waals surface area contributed by atoms with Crippen LogP contribution in [0.5, 0.6) is 0 Å². The first kappa shape index (κ1) is 9.18. The third-order valence-corrected chi connectivity index (χ3v) is 3.35. The highest BCUT2D eigenvalue weighted by Crippen LogP contribution is 2.14. The zero-order chi connectivity index (χ0) is 10.3. The molecule has 0 amide bonds. The lowest BCUT2D eigenvalue weighted by molar-refractivity contribution is 0.472. The number of aromatic nitrogens is 2. The first-order valence-electron chi connectivity index (χ1n) is 5.60. The number of nitrogens with zero attached hydrogens (tertiary/aromatic N) is 1. The van der Waals surface area contributed by atoms with Gasteiger partial charge in [-0.15, -0.1) is 0 Å². The summed E-state index contributed by atoms with van der Waals surface area (Å²) in [6.07, 6.45) is 1.91. The third-order valence-electron chi connectivity index (χ3n) is 3.35. The molecule has 2 aliphatic heterocycles. The number of nitrogens with one attached hydrogen (secondary N) is 3. The molecule has 5 nitrogen and oxygen atoms in total. The average molecular weight is 208 g/mol. The molecule has 3 heterocycles. The Morgan fingerprint density at radius 1 is 1.27 bits per heavy atom. The molecule has 0 radical (unpaired) electrons. The molecular formula is C10H16N4O. The van der Waals surface area contributed by atoms with Gasteiger partial charge in [0.15, 0.2) is 0 Å². The first-order chi connectivity index (χ1) is 7.36. The molecule has 5 heteroatoms. The normalized spacial score (nSPS) is 25.5. The van der Waals surface area contributed by atoms with Gasteiger partial charge in [0.05, 0.1) is 11.7 Å². The van der Waals surface area contributed by atoms with Gasteiger partial charge >= 0.3 is 0 Å².